The number of nitrogens with one attached hydrogen (secondary N) is 1. The molecule has 0 unspecified atom stereocenters. The third kappa shape index (κ3) is 6.78. The molecule has 2 aromatic carbocycles. The second kappa shape index (κ2) is 11.9. The highest BCUT2D eigenvalue weighted by Gasteiger charge is 2.21. The van der Waals surface area contributed by atoms with Crippen LogP contribution in [0.5, 0.6) is 5.75 Å². The van der Waals surface area contributed by atoms with Crippen LogP contribution in [-0.4, -0.2) is 39.6 Å². The Bertz CT molecular complexity index is 1370. The van der Waals surface area contributed by atoms with Gasteiger partial charge in [0.25, 0.3) is 5.91 Å². The van der Waals surface area contributed by atoms with Crippen LogP contribution in [0.25, 0.3) is 11.1 Å². The van der Waals surface area contributed by atoms with E-state index in [1.54, 1.807) is 26.0 Å². The van der Waals surface area contributed by atoms with E-state index in [-0.39, 0.29) is 37.0 Å². The van der Waals surface area contributed by atoms with Crippen LogP contribution in [-0.2, 0) is 22.7 Å². The minimum absolute atomic E-state index is 0.0358. The molecule has 9 heteroatoms. The van der Waals surface area contributed by atoms with Gasteiger partial charge in [-0.2, -0.15) is 0 Å². The Morgan fingerprint density at radius 1 is 1.00 bits per heavy atom. The molecule has 0 radical (unpaired) electrons. The summed E-state index contributed by atoms with van der Waals surface area (Å²) in [6.45, 7) is 3.88. The smallest absolute Gasteiger partial charge is 0.325 e. The molecule has 0 aliphatic carbocycles. The first-order chi connectivity index (χ1) is 17.9. The van der Waals surface area contributed by atoms with Gasteiger partial charge in [0.1, 0.15) is 24.8 Å². The Hall–Kier alpha value is -4.53. The van der Waals surface area contributed by atoms with E-state index in [2.05, 4.69) is 15.3 Å². The van der Waals surface area contributed by atoms with Crippen LogP contribution in [0.15, 0.2) is 73.1 Å². The lowest BCUT2D eigenvalue weighted by atomic mass is 10.1. The second-order valence-corrected chi connectivity index (χ2v) is 8.24. The van der Waals surface area contributed by atoms with Gasteiger partial charge in [0.15, 0.2) is 11.4 Å². The molecule has 4 rings (SSSR count). The van der Waals surface area contributed by atoms with Gasteiger partial charge in [0.05, 0.1) is 18.8 Å². The second-order valence-electron chi connectivity index (χ2n) is 8.24. The maximum atomic E-state index is 13.3. The molecule has 0 saturated carbocycles. The van der Waals surface area contributed by atoms with Gasteiger partial charge in [-0.3, -0.25) is 9.59 Å². The molecule has 2 aromatic heterocycles. The first kappa shape index (κ1) is 25.6. The molecule has 0 aliphatic rings. The van der Waals surface area contributed by atoms with E-state index < -0.39 is 11.9 Å². The molecule has 2 heterocycles. The van der Waals surface area contributed by atoms with Crippen molar-refractivity contribution in [2.24, 2.45) is 0 Å². The minimum atomic E-state index is -0.567. The largest absolute Gasteiger partial charge is 0.485 e. The zero-order chi connectivity index (χ0) is 26.2. The fraction of sp³-hybridized carbons (Fsp3) is 0.214. The van der Waals surface area contributed by atoms with Crippen LogP contribution >= 0.6 is 0 Å². The van der Waals surface area contributed by atoms with Crippen molar-refractivity contribution in [3.05, 3.63) is 102 Å². The van der Waals surface area contributed by atoms with E-state index in [1.807, 2.05) is 53.4 Å². The number of amides is 1. The summed E-state index contributed by atoms with van der Waals surface area (Å²) in [5, 5.41) is 2.55. The Labute approximate surface area is 214 Å². The third-order valence-corrected chi connectivity index (χ3v) is 5.47. The topological polar surface area (TPSA) is 95.3 Å². The van der Waals surface area contributed by atoms with Crippen molar-refractivity contribution in [3.63, 3.8) is 0 Å². The lowest BCUT2D eigenvalue weighted by molar-refractivity contribution is -0.141. The van der Waals surface area contributed by atoms with E-state index in [9.17, 15) is 14.0 Å². The molecule has 1 amide bonds. The summed E-state index contributed by atoms with van der Waals surface area (Å²) in [6, 6.07) is 17.7. The highest BCUT2D eigenvalue weighted by molar-refractivity contribution is 5.96. The van der Waals surface area contributed by atoms with Gasteiger partial charge in [0.2, 0.25) is 0 Å². The number of nitrogens with zero attached hydrogens (tertiary/aromatic N) is 3. The van der Waals surface area contributed by atoms with Gasteiger partial charge in [0, 0.05) is 12.4 Å². The van der Waals surface area contributed by atoms with Gasteiger partial charge < -0.3 is 19.4 Å². The molecule has 8 nitrogen and oxygen atoms in total. The lowest BCUT2D eigenvalue weighted by Gasteiger charge is -2.15. The Kier molecular flexibility index (Phi) is 8.25. The summed E-state index contributed by atoms with van der Waals surface area (Å²) >= 11 is 0. The third-order valence-electron chi connectivity index (χ3n) is 5.47. The summed E-state index contributed by atoms with van der Waals surface area (Å²) in [4.78, 5) is 33.8. The monoisotopic (exact) mass is 502 g/mol. The van der Waals surface area contributed by atoms with Crippen molar-refractivity contribution in [2.75, 3.05) is 13.2 Å². The molecular formula is C28H27FN4O4. The average molecular weight is 503 g/mol. The molecule has 0 saturated heterocycles. The summed E-state index contributed by atoms with van der Waals surface area (Å²) in [7, 11) is 0. The molecule has 37 heavy (non-hydrogen) atoms. The maximum absolute atomic E-state index is 13.3. The summed E-state index contributed by atoms with van der Waals surface area (Å²) in [5.41, 5.74) is 3.24. The number of hydrogen-bond donors (Lipinski definition) is 1. The summed E-state index contributed by atoms with van der Waals surface area (Å²) in [6.07, 6.45) is 3.75. The van der Waals surface area contributed by atoms with Crippen molar-refractivity contribution in [1.82, 2.24) is 19.9 Å². The van der Waals surface area contributed by atoms with Crippen molar-refractivity contribution >= 4 is 11.9 Å². The predicted octanol–water partition coefficient (Wildman–Crippen LogP) is 4.31. The van der Waals surface area contributed by atoms with Crippen molar-refractivity contribution < 1.29 is 23.5 Å². The van der Waals surface area contributed by atoms with Crippen molar-refractivity contribution in [3.8, 4) is 16.9 Å². The number of benzene rings is 2. The van der Waals surface area contributed by atoms with E-state index in [0.717, 1.165) is 16.7 Å². The zero-order valence-electron chi connectivity index (χ0n) is 20.6. The Balaban J connectivity index is 1.58. The van der Waals surface area contributed by atoms with Gasteiger partial charge in [-0.25, -0.2) is 14.4 Å². The number of rotatable bonds is 10. The first-order valence-corrected chi connectivity index (χ1v) is 11.8. The number of aryl methyl sites for hydroxylation is 1. The minimum Gasteiger partial charge on any atom is -0.485 e. The van der Waals surface area contributed by atoms with Crippen LogP contribution in [0, 0.1) is 12.7 Å². The number of halogens is 1. The van der Waals surface area contributed by atoms with Crippen molar-refractivity contribution in [1.29, 1.82) is 0 Å². The van der Waals surface area contributed by atoms with E-state index >= 15 is 0 Å². The SMILES string of the molecule is CCOC(=O)CNC(=O)c1nc(Cn2ccc(-c3ccc(F)cc3)c2)nc(C)c1OCc1ccccc1. The van der Waals surface area contributed by atoms with Crippen LogP contribution in [0.4, 0.5) is 4.39 Å². The number of carbonyl (C=O) groups excluding carboxylic acids is 2. The van der Waals surface area contributed by atoms with Crippen molar-refractivity contribution in [2.45, 2.75) is 27.0 Å². The van der Waals surface area contributed by atoms with Crippen LogP contribution in [0.2, 0.25) is 0 Å². The molecule has 190 valence electrons. The lowest BCUT2D eigenvalue weighted by Crippen LogP contribution is -2.32. The van der Waals surface area contributed by atoms with Gasteiger partial charge >= 0.3 is 5.97 Å². The highest BCUT2D eigenvalue weighted by Crippen LogP contribution is 2.24. The van der Waals surface area contributed by atoms with Crippen LogP contribution < -0.4 is 10.1 Å². The maximum Gasteiger partial charge on any atom is 0.325 e. The molecule has 1 N–H and O–H groups in total. The van der Waals surface area contributed by atoms with Gasteiger partial charge in [-0.05, 0) is 48.7 Å². The molecule has 4 aromatic rings. The molecule has 0 bridgehead atoms. The van der Waals surface area contributed by atoms with E-state index in [0.29, 0.717) is 18.1 Å². The Morgan fingerprint density at radius 3 is 2.49 bits per heavy atom. The first-order valence-electron chi connectivity index (χ1n) is 11.8. The highest BCUT2D eigenvalue weighted by atomic mass is 19.1. The quantitative estimate of drug-likeness (QED) is 0.325. The molecular weight excluding hydrogens is 475 g/mol. The van der Waals surface area contributed by atoms with E-state index in [4.69, 9.17) is 9.47 Å². The fourth-order valence-electron chi connectivity index (χ4n) is 3.71. The zero-order valence-corrected chi connectivity index (χ0v) is 20.6. The molecule has 0 aliphatic heterocycles. The number of carbonyl (C=O) groups is 2. The average Bonchev–Trinajstić information content (AvgIpc) is 3.36. The number of aromatic nitrogens is 3. The van der Waals surface area contributed by atoms with Crippen LogP contribution in [0.3, 0.4) is 0 Å². The molecule has 0 spiro atoms. The predicted molar refractivity (Wildman–Crippen MR) is 135 cm³/mol. The number of esters is 1. The van der Waals surface area contributed by atoms with Gasteiger partial charge in [-0.15, -0.1) is 0 Å². The summed E-state index contributed by atoms with van der Waals surface area (Å²) in [5.74, 6) is -0.771. The fourth-order valence-corrected chi connectivity index (χ4v) is 3.71. The van der Waals surface area contributed by atoms with Crippen LogP contribution in [0.1, 0.15) is 34.5 Å². The van der Waals surface area contributed by atoms with Gasteiger partial charge in [-0.1, -0.05) is 42.5 Å². The number of hydrogen-bond acceptors (Lipinski definition) is 6. The Morgan fingerprint density at radius 2 is 1.76 bits per heavy atom. The number of ether oxygens (including phenoxy) is 2. The van der Waals surface area contributed by atoms with E-state index in [1.165, 1.54) is 12.1 Å². The normalized spacial score (nSPS) is 10.7. The molecule has 0 fully saturated rings. The standard InChI is InChI=1S/C28H27FN4O4/c1-3-36-25(34)15-30-28(35)26-27(37-18-20-7-5-4-6-8-20)19(2)31-24(32-26)17-33-14-13-22(16-33)21-9-11-23(29)12-10-21/h4-14,16H,3,15,17-18H2,1-2H3,(H,30,35). The molecule has 0 atom stereocenters. The summed E-state index contributed by atoms with van der Waals surface area (Å²) < 4.78 is 26.0.